The second-order valence-electron chi connectivity index (χ2n) is 2.87. The predicted octanol–water partition coefficient (Wildman–Crippen LogP) is 4.50. The summed E-state index contributed by atoms with van der Waals surface area (Å²) in [5.74, 6) is 0. The molecule has 0 unspecified atom stereocenters. The quantitative estimate of drug-likeness (QED) is 0.452. The van der Waals surface area contributed by atoms with Crippen molar-refractivity contribution in [2.45, 2.75) is 40.5 Å². The summed E-state index contributed by atoms with van der Waals surface area (Å²) in [5, 5.41) is 0. The van der Waals surface area contributed by atoms with E-state index in [1.54, 1.807) is 0 Å². The molecule has 0 aromatic rings. The Morgan fingerprint density at radius 2 is 1.79 bits per heavy atom. The first kappa shape index (κ1) is 15.3. The van der Waals surface area contributed by atoms with Gasteiger partial charge in [-0.05, 0) is 37.8 Å². The molecule has 78 valence electrons. The molecule has 14 heavy (non-hydrogen) atoms. The van der Waals surface area contributed by atoms with Crippen molar-refractivity contribution < 1.29 is 0 Å². The molecule has 0 spiro atoms. The average Bonchev–Trinajstić information content (AvgIpc) is 2.25. The van der Waals surface area contributed by atoms with Crippen LogP contribution in [0.5, 0.6) is 0 Å². The van der Waals surface area contributed by atoms with Crippen LogP contribution in [0, 0.1) is 12.8 Å². The summed E-state index contributed by atoms with van der Waals surface area (Å²) in [5.41, 5.74) is 2.85. The zero-order valence-corrected chi connectivity index (χ0v) is 9.88. The molecule has 0 aromatic heterocycles. The lowest BCUT2D eigenvalue weighted by molar-refractivity contribution is 1.06. The van der Waals surface area contributed by atoms with Gasteiger partial charge in [0.15, 0.2) is 0 Å². The smallest absolute Gasteiger partial charge is 0.0308 e. The molecule has 0 saturated carbocycles. The third-order valence-corrected chi connectivity index (χ3v) is 1.88. The summed E-state index contributed by atoms with van der Waals surface area (Å²) in [6.07, 6.45) is 18.9. The second kappa shape index (κ2) is 11.8. The maximum Gasteiger partial charge on any atom is -0.0308 e. The molecule has 0 rings (SSSR count). The van der Waals surface area contributed by atoms with Crippen molar-refractivity contribution in [2.24, 2.45) is 0 Å². The summed E-state index contributed by atoms with van der Waals surface area (Å²) < 4.78 is 0. The first-order chi connectivity index (χ1) is 6.76. The highest BCUT2D eigenvalue weighted by atomic mass is 14.0. The second-order valence-corrected chi connectivity index (χ2v) is 2.87. The first-order valence-electron chi connectivity index (χ1n) is 5.08. The van der Waals surface area contributed by atoms with Gasteiger partial charge in [-0.15, -0.1) is 12.8 Å². The van der Waals surface area contributed by atoms with E-state index in [-0.39, 0.29) is 0 Å². The van der Waals surface area contributed by atoms with Gasteiger partial charge in [-0.1, -0.05) is 38.2 Å². The van der Waals surface area contributed by atoms with Crippen LogP contribution >= 0.6 is 0 Å². The normalized spacial score (nSPS) is 12.4. The van der Waals surface area contributed by atoms with Crippen molar-refractivity contribution in [3.63, 3.8) is 0 Å². The van der Waals surface area contributed by atoms with E-state index in [4.69, 9.17) is 0 Å². The highest BCUT2D eigenvalue weighted by Crippen LogP contribution is 2.13. The molecule has 0 bridgehead atoms. The van der Waals surface area contributed by atoms with Crippen LogP contribution in [-0.4, -0.2) is 0 Å². The maximum atomic E-state index is 4.00. The molecule has 0 heteroatoms. The number of rotatable bonds is 4. The standard InChI is InChI=1S/C12H20.C2H2/c1-5-8-10-11(4)12(7-3)9-6-2;1-2/h5,8-10H,6-7H2,1-4H3;1-2H/b8-5-,11-10+,12-9+;. The lowest BCUT2D eigenvalue weighted by atomic mass is 10.0. The van der Waals surface area contributed by atoms with Gasteiger partial charge in [0.1, 0.15) is 0 Å². The molecule has 0 atom stereocenters. The highest BCUT2D eigenvalue weighted by Gasteiger charge is 1.93. The molecule has 0 radical (unpaired) electrons. The van der Waals surface area contributed by atoms with Crippen molar-refractivity contribution in [3.05, 3.63) is 35.5 Å². The van der Waals surface area contributed by atoms with Crippen LogP contribution in [-0.2, 0) is 0 Å². The van der Waals surface area contributed by atoms with E-state index in [0.29, 0.717) is 0 Å². The van der Waals surface area contributed by atoms with Crippen LogP contribution in [0.15, 0.2) is 35.5 Å². The Morgan fingerprint density at radius 1 is 1.21 bits per heavy atom. The predicted molar refractivity (Wildman–Crippen MR) is 67.1 cm³/mol. The van der Waals surface area contributed by atoms with Gasteiger partial charge in [-0.2, -0.15) is 0 Å². The summed E-state index contributed by atoms with van der Waals surface area (Å²) >= 11 is 0. The van der Waals surface area contributed by atoms with E-state index >= 15 is 0 Å². The van der Waals surface area contributed by atoms with Crippen LogP contribution in [0.25, 0.3) is 0 Å². The Morgan fingerprint density at radius 3 is 2.14 bits per heavy atom. The van der Waals surface area contributed by atoms with Gasteiger partial charge in [0.2, 0.25) is 0 Å². The molecule has 0 fully saturated rings. The van der Waals surface area contributed by atoms with Crippen LogP contribution in [0.4, 0.5) is 0 Å². The third-order valence-electron chi connectivity index (χ3n) is 1.88. The van der Waals surface area contributed by atoms with Crippen molar-refractivity contribution in [2.75, 3.05) is 0 Å². The SMILES string of the molecule is C#C.C\C=C/C=C(C)/C(=C/CC)CC. The van der Waals surface area contributed by atoms with Gasteiger partial charge >= 0.3 is 0 Å². The van der Waals surface area contributed by atoms with Gasteiger partial charge in [0.05, 0.1) is 0 Å². The van der Waals surface area contributed by atoms with Gasteiger partial charge in [-0.3, -0.25) is 0 Å². The van der Waals surface area contributed by atoms with Crippen molar-refractivity contribution in [1.82, 2.24) is 0 Å². The third kappa shape index (κ3) is 7.43. The summed E-state index contributed by atoms with van der Waals surface area (Å²) in [6, 6.07) is 0. The molecule has 0 aliphatic carbocycles. The minimum absolute atomic E-state index is 1.13. The number of terminal acetylenes is 1. The van der Waals surface area contributed by atoms with Crippen molar-refractivity contribution in [3.8, 4) is 12.8 Å². The fraction of sp³-hybridized carbons (Fsp3) is 0.429. The Balaban J connectivity index is 0. The van der Waals surface area contributed by atoms with E-state index in [1.807, 2.05) is 6.92 Å². The highest BCUT2D eigenvalue weighted by molar-refractivity contribution is 5.31. The minimum atomic E-state index is 1.13. The lowest BCUT2D eigenvalue weighted by Crippen LogP contribution is -1.82. The first-order valence-corrected chi connectivity index (χ1v) is 5.08. The fourth-order valence-corrected chi connectivity index (χ4v) is 1.18. The number of hydrogen-bond donors (Lipinski definition) is 0. The maximum absolute atomic E-state index is 4.00. The van der Waals surface area contributed by atoms with Crippen LogP contribution in [0.2, 0.25) is 0 Å². The molecule has 0 nitrogen and oxygen atoms in total. The Labute approximate surface area is 89.4 Å². The zero-order chi connectivity index (χ0) is 11.4. The fourth-order valence-electron chi connectivity index (χ4n) is 1.18. The molecule has 0 aromatic carbocycles. The summed E-state index contributed by atoms with van der Waals surface area (Å²) in [6.45, 7) is 8.59. The molecule has 0 amide bonds. The molecular weight excluding hydrogens is 168 g/mol. The molecule has 0 aliphatic rings. The van der Waals surface area contributed by atoms with Gasteiger partial charge in [-0.25, -0.2) is 0 Å². The molecule has 0 saturated heterocycles. The topological polar surface area (TPSA) is 0 Å². The zero-order valence-electron chi connectivity index (χ0n) is 9.88. The van der Waals surface area contributed by atoms with E-state index in [0.717, 1.165) is 12.8 Å². The monoisotopic (exact) mass is 190 g/mol. The largest absolute Gasteiger partial charge is 0.124 e. The van der Waals surface area contributed by atoms with Crippen LogP contribution in [0.3, 0.4) is 0 Å². The Kier molecular flexibility index (Phi) is 12.8. The Bertz CT molecular complexity index is 224. The summed E-state index contributed by atoms with van der Waals surface area (Å²) in [7, 11) is 0. The Hall–Kier alpha value is -1.22. The van der Waals surface area contributed by atoms with Crippen molar-refractivity contribution >= 4 is 0 Å². The molecule has 0 heterocycles. The van der Waals surface area contributed by atoms with Gasteiger partial charge in [0, 0.05) is 0 Å². The van der Waals surface area contributed by atoms with Crippen molar-refractivity contribution in [1.29, 1.82) is 0 Å². The molecular formula is C14H22. The van der Waals surface area contributed by atoms with E-state index < -0.39 is 0 Å². The van der Waals surface area contributed by atoms with Crippen LogP contribution in [0.1, 0.15) is 40.5 Å². The molecule has 0 aliphatic heterocycles. The average molecular weight is 190 g/mol. The van der Waals surface area contributed by atoms with E-state index in [9.17, 15) is 0 Å². The number of hydrogen-bond acceptors (Lipinski definition) is 0. The number of allylic oxidation sites excluding steroid dienone is 6. The van der Waals surface area contributed by atoms with E-state index in [2.05, 4.69) is 57.9 Å². The van der Waals surface area contributed by atoms with Crippen LogP contribution < -0.4 is 0 Å². The van der Waals surface area contributed by atoms with Gasteiger partial charge in [0.25, 0.3) is 0 Å². The minimum Gasteiger partial charge on any atom is -0.124 e. The lowest BCUT2D eigenvalue weighted by Gasteiger charge is -2.02. The van der Waals surface area contributed by atoms with Gasteiger partial charge < -0.3 is 0 Å². The summed E-state index contributed by atoms with van der Waals surface area (Å²) in [4.78, 5) is 0. The van der Waals surface area contributed by atoms with E-state index in [1.165, 1.54) is 11.1 Å². The molecule has 0 N–H and O–H groups in total.